The molecule has 0 aliphatic carbocycles. The van der Waals surface area contributed by atoms with Crippen LogP contribution in [-0.4, -0.2) is 22.2 Å². The highest BCUT2D eigenvalue weighted by Gasteiger charge is 2.13. The van der Waals surface area contributed by atoms with Crippen LogP contribution in [0.25, 0.3) is 0 Å². The molecule has 2 rings (SSSR count). The highest BCUT2D eigenvalue weighted by molar-refractivity contribution is 9.10. The maximum atomic E-state index is 13.3. The molecule has 98 valence electrons. The molecule has 19 heavy (non-hydrogen) atoms. The van der Waals surface area contributed by atoms with E-state index in [2.05, 4.69) is 20.9 Å². The van der Waals surface area contributed by atoms with Gasteiger partial charge in [0.2, 0.25) is 0 Å². The van der Waals surface area contributed by atoms with Gasteiger partial charge in [0.15, 0.2) is 0 Å². The van der Waals surface area contributed by atoms with E-state index in [1.165, 1.54) is 17.8 Å². The monoisotopic (exact) mass is 341 g/mol. The van der Waals surface area contributed by atoms with Crippen molar-refractivity contribution in [3.63, 3.8) is 0 Å². The van der Waals surface area contributed by atoms with Gasteiger partial charge in [-0.05, 0) is 51.2 Å². The van der Waals surface area contributed by atoms with E-state index in [4.69, 9.17) is 10.0 Å². The Morgan fingerprint density at radius 1 is 1.32 bits per heavy atom. The van der Waals surface area contributed by atoms with E-state index < -0.39 is 12.9 Å². The quantitative estimate of drug-likeness (QED) is 0.659. The van der Waals surface area contributed by atoms with Gasteiger partial charge >= 0.3 is 7.12 Å². The Morgan fingerprint density at radius 2 is 2.11 bits per heavy atom. The molecule has 0 radical (unpaired) electrons. The van der Waals surface area contributed by atoms with Gasteiger partial charge in [-0.2, -0.15) is 0 Å². The molecule has 7 heteroatoms. The lowest BCUT2D eigenvalue weighted by molar-refractivity contribution is 0.425. The van der Waals surface area contributed by atoms with Crippen molar-refractivity contribution in [3.05, 3.63) is 52.4 Å². The van der Waals surface area contributed by atoms with Crippen LogP contribution in [-0.2, 0) is 5.75 Å². The highest BCUT2D eigenvalue weighted by Crippen LogP contribution is 2.27. The molecular formula is C12H10BBrFNO2S. The van der Waals surface area contributed by atoms with Crippen LogP contribution >= 0.6 is 27.7 Å². The van der Waals surface area contributed by atoms with Crippen molar-refractivity contribution < 1.29 is 14.4 Å². The van der Waals surface area contributed by atoms with Crippen molar-refractivity contribution in [2.45, 2.75) is 10.8 Å². The number of benzene rings is 1. The Labute approximate surface area is 123 Å². The van der Waals surface area contributed by atoms with Crippen LogP contribution in [0.2, 0.25) is 0 Å². The molecular weight excluding hydrogens is 332 g/mol. The highest BCUT2D eigenvalue weighted by atomic mass is 79.9. The summed E-state index contributed by atoms with van der Waals surface area (Å²) in [5.41, 5.74) is 0.821. The molecule has 1 aromatic carbocycles. The van der Waals surface area contributed by atoms with Crippen LogP contribution in [0.5, 0.6) is 0 Å². The summed E-state index contributed by atoms with van der Waals surface area (Å²) in [6.45, 7) is 0. The second-order valence-electron chi connectivity index (χ2n) is 3.85. The minimum absolute atomic E-state index is 0.149. The lowest BCUT2D eigenvalue weighted by Crippen LogP contribution is -2.30. The van der Waals surface area contributed by atoms with Gasteiger partial charge in [0, 0.05) is 16.4 Å². The van der Waals surface area contributed by atoms with Crippen molar-refractivity contribution in [2.75, 3.05) is 0 Å². The first-order valence-electron chi connectivity index (χ1n) is 5.45. The molecule has 0 saturated carbocycles. The maximum Gasteiger partial charge on any atom is 0.488 e. The lowest BCUT2D eigenvalue weighted by Gasteiger charge is -2.06. The molecule has 1 aromatic heterocycles. The van der Waals surface area contributed by atoms with E-state index in [0.717, 1.165) is 15.6 Å². The number of thioether (sulfide) groups is 1. The number of halogens is 2. The third kappa shape index (κ3) is 4.04. The molecule has 0 bridgehead atoms. The largest absolute Gasteiger partial charge is 0.488 e. The smallest absolute Gasteiger partial charge is 0.423 e. The Bertz CT molecular complexity index is 585. The predicted octanol–water partition coefficient (Wildman–Crippen LogP) is 1.96. The summed E-state index contributed by atoms with van der Waals surface area (Å²) in [7, 11) is -1.67. The van der Waals surface area contributed by atoms with E-state index in [1.807, 2.05) is 12.1 Å². The molecule has 0 saturated heterocycles. The summed E-state index contributed by atoms with van der Waals surface area (Å²) in [5.74, 6) is 0.00823. The first-order valence-corrected chi connectivity index (χ1v) is 7.23. The Morgan fingerprint density at radius 3 is 2.79 bits per heavy atom. The molecule has 0 aliphatic rings. The van der Waals surface area contributed by atoms with Gasteiger partial charge in [-0.15, -0.1) is 11.8 Å². The summed E-state index contributed by atoms with van der Waals surface area (Å²) in [4.78, 5) is 4.20. The number of rotatable bonds is 4. The average molecular weight is 342 g/mol. The SMILES string of the molecule is OB(O)c1cc(F)cc(CSc2ncccc2Br)c1. The van der Waals surface area contributed by atoms with Crippen LogP contribution in [0.3, 0.4) is 0 Å². The number of hydrogen-bond acceptors (Lipinski definition) is 4. The van der Waals surface area contributed by atoms with Gasteiger partial charge in [-0.25, -0.2) is 9.37 Å². The zero-order chi connectivity index (χ0) is 13.8. The fraction of sp³-hybridized carbons (Fsp3) is 0.0833. The maximum absolute atomic E-state index is 13.3. The molecule has 2 N–H and O–H groups in total. The predicted molar refractivity (Wildman–Crippen MR) is 77.7 cm³/mol. The Hall–Kier alpha value is -0.885. The molecule has 0 unspecified atom stereocenters. The van der Waals surface area contributed by atoms with Gasteiger partial charge in [-0.1, -0.05) is 6.07 Å². The van der Waals surface area contributed by atoms with E-state index in [0.29, 0.717) is 11.3 Å². The standard InChI is InChI=1S/C12H10BBrFNO2S/c14-11-2-1-3-16-12(11)19-7-8-4-9(13(17)18)6-10(15)5-8/h1-6,17-18H,7H2. The molecule has 2 aromatic rings. The molecule has 1 heterocycles. The summed E-state index contributed by atoms with van der Waals surface area (Å²) < 4.78 is 14.2. The first-order chi connectivity index (χ1) is 9.06. The normalized spacial score (nSPS) is 10.5. The summed E-state index contributed by atoms with van der Waals surface area (Å²) in [6, 6.07) is 7.74. The van der Waals surface area contributed by atoms with Crippen molar-refractivity contribution in [3.8, 4) is 0 Å². The van der Waals surface area contributed by atoms with Gasteiger partial charge < -0.3 is 10.0 Å². The summed E-state index contributed by atoms with van der Waals surface area (Å²) in [6.07, 6.45) is 1.68. The molecule has 0 fully saturated rings. The van der Waals surface area contributed by atoms with E-state index in [-0.39, 0.29) is 5.46 Å². The van der Waals surface area contributed by atoms with Crippen LogP contribution in [0.4, 0.5) is 4.39 Å². The average Bonchev–Trinajstić information content (AvgIpc) is 2.37. The lowest BCUT2D eigenvalue weighted by atomic mass is 9.79. The molecule has 0 atom stereocenters. The molecule has 3 nitrogen and oxygen atoms in total. The second-order valence-corrected chi connectivity index (χ2v) is 5.66. The van der Waals surface area contributed by atoms with Gasteiger partial charge in [-0.3, -0.25) is 0 Å². The Kier molecular flexibility index (Phi) is 4.98. The third-order valence-electron chi connectivity index (χ3n) is 2.38. The van der Waals surface area contributed by atoms with Gasteiger partial charge in [0.25, 0.3) is 0 Å². The number of nitrogens with zero attached hydrogens (tertiary/aromatic N) is 1. The van der Waals surface area contributed by atoms with Crippen LogP contribution in [0, 0.1) is 5.82 Å². The topological polar surface area (TPSA) is 53.4 Å². The number of pyridine rings is 1. The van der Waals surface area contributed by atoms with Crippen molar-refractivity contribution in [1.82, 2.24) is 4.98 Å². The van der Waals surface area contributed by atoms with Gasteiger partial charge in [0.1, 0.15) is 10.8 Å². The summed E-state index contributed by atoms with van der Waals surface area (Å²) >= 11 is 4.83. The van der Waals surface area contributed by atoms with Crippen LogP contribution in [0.15, 0.2) is 46.0 Å². The third-order valence-corrected chi connectivity index (χ3v) is 4.36. The second kappa shape index (κ2) is 6.52. The van der Waals surface area contributed by atoms with E-state index in [1.54, 1.807) is 12.3 Å². The molecule has 0 aliphatic heterocycles. The minimum Gasteiger partial charge on any atom is -0.423 e. The summed E-state index contributed by atoms with van der Waals surface area (Å²) in [5, 5.41) is 18.9. The van der Waals surface area contributed by atoms with E-state index in [9.17, 15) is 4.39 Å². The van der Waals surface area contributed by atoms with Crippen molar-refractivity contribution in [1.29, 1.82) is 0 Å². The van der Waals surface area contributed by atoms with Gasteiger partial charge in [0.05, 0.1) is 0 Å². The molecule has 0 spiro atoms. The number of hydrogen-bond donors (Lipinski definition) is 2. The molecule has 0 amide bonds. The zero-order valence-corrected chi connectivity index (χ0v) is 12.2. The zero-order valence-electron chi connectivity index (χ0n) is 9.75. The van der Waals surface area contributed by atoms with Crippen LogP contribution < -0.4 is 5.46 Å². The first kappa shape index (κ1) is 14.5. The van der Waals surface area contributed by atoms with E-state index >= 15 is 0 Å². The fourth-order valence-corrected chi connectivity index (χ4v) is 2.95. The number of aromatic nitrogens is 1. The Balaban J connectivity index is 2.14. The van der Waals surface area contributed by atoms with Crippen molar-refractivity contribution in [2.24, 2.45) is 0 Å². The van der Waals surface area contributed by atoms with Crippen LogP contribution in [0.1, 0.15) is 5.56 Å². The minimum atomic E-state index is -1.67. The fourth-order valence-electron chi connectivity index (χ4n) is 1.54. The van der Waals surface area contributed by atoms with Crippen molar-refractivity contribution >= 4 is 40.3 Å².